The van der Waals surface area contributed by atoms with Gasteiger partial charge in [-0.1, -0.05) is 54.4 Å². The summed E-state index contributed by atoms with van der Waals surface area (Å²) in [5, 5.41) is 21.0. The molecule has 0 fully saturated rings. The van der Waals surface area contributed by atoms with Gasteiger partial charge in [0.25, 0.3) is 0 Å². The van der Waals surface area contributed by atoms with Gasteiger partial charge in [0, 0.05) is 43.0 Å². The van der Waals surface area contributed by atoms with Gasteiger partial charge in [0.15, 0.2) is 0 Å². The second-order valence-corrected chi connectivity index (χ2v) is 6.00. The number of hydrogen-bond donors (Lipinski definition) is 3. The molecule has 3 N–H and O–H groups in total. The first-order valence-corrected chi connectivity index (χ1v) is 7.98. The predicted octanol–water partition coefficient (Wildman–Crippen LogP) is 3.65. The smallest absolute Gasteiger partial charge is 0.0319 e. The molecule has 0 saturated carbocycles. The minimum Gasteiger partial charge on any atom is -0.400 e. The molecule has 0 spiro atoms. The van der Waals surface area contributed by atoms with Crippen LogP contribution in [0.3, 0.4) is 0 Å². The zero-order chi connectivity index (χ0) is 18.2. The van der Waals surface area contributed by atoms with Crippen molar-refractivity contribution in [1.29, 1.82) is 0 Å². The van der Waals surface area contributed by atoms with E-state index in [1.165, 1.54) is 5.56 Å². The quantitative estimate of drug-likeness (QED) is 0.488. The van der Waals surface area contributed by atoms with Crippen molar-refractivity contribution in [2.75, 3.05) is 21.3 Å². The Morgan fingerprint density at radius 1 is 0.739 bits per heavy atom. The molecule has 0 bridgehead atoms. The van der Waals surface area contributed by atoms with E-state index in [4.69, 9.17) is 15.3 Å². The fourth-order valence-electron chi connectivity index (χ4n) is 3.70. The van der Waals surface area contributed by atoms with Crippen molar-refractivity contribution in [2.24, 2.45) is 11.8 Å². The standard InChI is InChI=1S/C16H25.3CH4O.Ti/c1-8-9(2)12(5)16-14(7)10(3)13(6)15(16)11(8)4;3*1-2;/h8-9,11-12H,1-7H3;3*2H,1H3;/q-1;;;;. The van der Waals surface area contributed by atoms with Gasteiger partial charge in [-0.15, -0.1) is 0 Å². The van der Waals surface area contributed by atoms with Gasteiger partial charge in [0.1, 0.15) is 0 Å². The van der Waals surface area contributed by atoms with Gasteiger partial charge in [-0.2, -0.15) is 27.8 Å². The Morgan fingerprint density at radius 2 is 1.09 bits per heavy atom. The van der Waals surface area contributed by atoms with Crippen LogP contribution in [-0.4, -0.2) is 36.6 Å². The minimum atomic E-state index is 0. The van der Waals surface area contributed by atoms with E-state index in [0.717, 1.165) is 45.0 Å². The molecule has 4 atom stereocenters. The number of hydrogen-bond acceptors (Lipinski definition) is 3. The molecule has 2 rings (SSSR count). The topological polar surface area (TPSA) is 60.7 Å². The molecule has 1 aromatic carbocycles. The van der Waals surface area contributed by atoms with Crippen molar-refractivity contribution in [3.8, 4) is 0 Å². The molecule has 0 radical (unpaired) electrons. The van der Waals surface area contributed by atoms with Crippen molar-refractivity contribution in [3.05, 3.63) is 27.8 Å². The summed E-state index contributed by atoms with van der Waals surface area (Å²) in [7, 11) is 3.00. The average Bonchev–Trinajstić information content (AvgIpc) is 2.81. The molecule has 0 aliphatic heterocycles. The van der Waals surface area contributed by atoms with Crippen LogP contribution in [0.5, 0.6) is 0 Å². The van der Waals surface area contributed by atoms with E-state index in [2.05, 4.69) is 48.5 Å². The summed E-state index contributed by atoms with van der Waals surface area (Å²) < 4.78 is 0. The molecule has 136 valence electrons. The Kier molecular flexibility index (Phi) is 16.0. The molecule has 0 saturated heterocycles. The molecular formula is C19H37O3Ti-. The first-order valence-electron chi connectivity index (χ1n) is 7.98. The van der Waals surface area contributed by atoms with E-state index in [9.17, 15) is 0 Å². The van der Waals surface area contributed by atoms with Crippen LogP contribution in [0.15, 0.2) is 0 Å². The average molecular weight is 361 g/mol. The minimum absolute atomic E-state index is 0. The van der Waals surface area contributed by atoms with Gasteiger partial charge >= 0.3 is 0 Å². The first-order chi connectivity index (χ1) is 10.4. The predicted molar refractivity (Wildman–Crippen MR) is 95.8 cm³/mol. The number of aliphatic hydroxyl groups excluding tert-OH is 3. The molecular weight excluding hydrogens is 324 g/mol. The van der Waals surface area contributed by atoms with E-state index in [0.29, 0.717) is 0 Å². The van der Waals surface area contributed by atoms with Gasteiger partial charge in [0.2, 0.25) is 0 Å². The number of aliphatic hydroxyl groups is 3. The van der Waals surface area contributed by atoms with Crippen LogP contribution in [0.4, 0.5) is 0 Å². The summed E-state index contributed by atoms with van der Waals surface area (Å²) in [6, 6.07) is 0. The summed E-state index contributed by atoms with van der Waals surface area (Å²) in [6.07, 6.45) is 0. The fourth-order valence-corrected chi connectivity index (χ4v) is 3.70. The van der Waals surface area contributed by atoms with Crippen molar-refractivity contribution in [2.45, 2.75) is 60.3 Å². The zero-order valence-corrected chi connectivity index (χ0v) is 18.2. The van der Waals surface area contributed by atoms with Crippen LogP contribution in [0.1, 0.15) is 67.3 Å². The summed E-state index contributed by atoms with van der Waals surface area (Å²) in [6.45, 7) is 16.6. The van der Waals surface area contributed by atoms with Gasteiger partial charge in [-0.25, -0.2) is 0 Å². The van der Waals surface area contributed by atoms with Gasteiger partial charge in [-0.05, 0) is 17.8 Å². The normalized spacial score (nSPS) is 24.4. The molecule has 3 nitrogen and oxygen atoms in total. The first kappa shape index (κ1) is 27.8. The largest absolute Gasteiger partial charge is 0.400 e. The van der Waals surface area contributed by atoms with Crippen LogP contribution >= 0.6 is 0 Å². The Labute approximate surface area is 158 Å². The van der Waals surface area contributed by atoms with Gasteiger partial charge in [-0.3, -0.25) is 0 Å². The SMILES string of the molecule is CO.CO.CO.Cc1c2c([c-](C)c1C)C(C)C(C)C(C)C2C.[Ti]. The third-order valence-corrected chi connectivity index (χ3v) is 5.54. The van der Waals surface area contributed by atoms with Gasteiger partial charge in [0.05, 0.1) is 0 Å². The van der Waals surface area contributed by atoms with E-state index < -0.39 is 0 Å². The van der Waals surface area contributed by atoms with Crippen LogP contribution in [-0.2, 0) is 21.7 Å². The maximum Gasteiger partial charge on any atom is 0.0319 e. The molecule has 1 aromatic rings. The summed E-state index contributed by atoms with van der Waals surface area (Å²) in [5.74, 6) is 3.08. The van der Waals surface area contributed by atoms with Crippen LogP contribution < -0.4 is 0 Å². The molecule has 4 heteroatoms. The Bertz CT molecular complexity index is 389. The van der Waals surface area contributed by atoms with Crippen LogP contribution in [0.25, 0.3) is 0 Å². The molecule has 0 heterocycles. The van der Waals surface area contributed by atoms with Crippen LogP contribution in [0, 0.1) is 32.6 Å². The molecule has 0 amide bonds. The summed E-state index contributed by atoms with van der Waals surface area (Å²) in [5.41, 5.74) is 8.00. The maximum absolute atomic E-state index is 7.00. The Morgan fingerprint density at radius 3 is 1.48 bits per heavy atom. The number of rotatable bonds is 0. The monoisotopic (exact) mass is 361 g/mol. The zero-order valence-electron chi connectivity index (χ0n) is 16.7. The Hall–Kier alpha value is -0.0557. The summed E-state index contributed by atoms with van der Waals surface area (Å²) in [4.78, 5) is 0. The fraction of sp³-hybridized carbons (Fsp3) is 0.737. The van der Waals surface area contributed by atoms with Gasteiger partial charge < -0.3 is 15.3 Å². The summed E-state index contributed by atoms with van der Waals surface area (Å²) >= 11 is 0. The van der Waals surface area contributed by atoms with E-state index in [1.807, 2.05) is 0 Å². The van der Waals surface area contributed by atoms with Crippen molar-refractivity contribution in [3.63, 3.8) is 0 Å². The van der Waals surface area contributed by atoms with E-state index in [1.54, 1.807) is 22.3 Å². The Balaban J connectivity index is -0.000000514. The van der Waals surface area contributed by atoms with E-state index >= 15 is 0 Å². The molecule has 1 aliphatic carbocycles. The third-order valence-electron chi connectivity index (χ3n) is 5.54. The second-order valence-electron chi connectivity index (χ2n) is 6.00. The van der Waals surface area contributed by atoms with Crippen molar-refractivity contribution in [1.82, 2.24) is 0 Å². The molecule has 0 aromatic heterocycles. The second kappa shape index (κ2) is 13.3. The molecule has 1 aliphatic rings. The van der Waals surface area contributed by atoms with Crippen molar-refractivity contribution >= 4 is 0 Å². The molecule has 4 unspecified atom stereocenters. The van der Waals surface area contributed by atoms with E-state index in [-0.39, 0.29) is 21.7 Å². The number of fused-ring (bicyclic) bond motifs is 1. The van der Waals surface area contributed by atoms with Crippen LogP contribution in [0.2, 0.25) is 0 Å². The maximum atomic E-state index is 7.00. The van der Waals surface area contributed by atoms with Crippen molar-refractivity contribution < 1.29 is 37.0 Å². The molecule has 23 heavy (non-hydrogen) atoms. The third kappa shape index (κ3) is 5.47.